The normalized spacial score (nSPS) is 23.8. The zero-order chi connectivity index (χ0) is 17.2. The van der Waals surface area contributed by atoms with Crippen LogP contribution in [0.25, 0.3) is 15.8 Å². The molecule has 1 aromatic carbocycles. The molecule has 0 bridgehead atoms. The first-order valence-corrected chi connectivity index (χ1v) is 9.69. The standard InChI is InChI=1S/C20H24N2O2S/c1-23-16-7-5-15(6-8-16)22-11-3-4-14(13-22)20-21-18-12-17(24-2)9-10-19(18)25-20/h3-4,9-12,15-16H,5-8,13H2,1-2H3. The Bertz CT molecular complexity index is 803. The molecule has 1 aliphatic carbocycles. The Labute approximate surface area is 152 Å². The quantitative estimate of drug-likeness (QED) is 0.809. The summed E-state index contributed by atoms with van der Waals surface area (Å²) in [5.41, 5.74) is 2.32. The molecule has 132 valence electrons. The number of rotatable bonds is 4. The van der Waals surface area contributed by atoms with Crippen LogP contribution < -0.4 is 4.74 Å². The van der Waals surface area contributed by atoms with E-state index in [4.69, 9.17) is 14.5 Å². The van der Waals surface area contributed by atoms with Gasteiger partial charge in [-0.15, -0.1) is 11.3 Å². The SMILES string of the molecule is COc1ccc2sc(C3=CC=CN(C4CCC(OC)CC4)C3)nc2c1. The van der Waals surface area contributed by atoms with Gasteiger partial charge in [0.1, 0.15) is 10.8 Å². The van der Waals surface area contributed by atoms with Crippen molar-refractivity contribution in [3.05, 3.63) is 41.6 Å². The van der Waals surface area contributed by atoms with Gasteiger partial charge >= 0.3 is 0 Å². The van der Waals surface area contributed by atoms with Crippen molar-refractivity contribution in [2.24, 2.45) is 0 Å². The van der Waals surface area contributed by atoms with Crippen molar-refractivity contribution in [2.45, 2.75) is 37.8 Å². The van der Waals surface area contributed by atoms with Crippen LogP contribution in [0.2, 0.25) is 0 Å². The summed E-state index contributed by atoms with van der Waals surface area (Å²) in [5, 5.41) is 1.11. The zero-order valence-electron chi connectivity index (χ0n) is 14.8. The highest BCUT2D eigenvalue weighted by Gasteiger charge is 2.26. The molecule has 2 aliphatic rings. The predicted molar refractivity (Wildman–Crippen MR) is 103 cm³/mol. The van der Waals surface area contributed by atoms with Gasteiger partial charge in [-0.25, -0.2) is 4.98 Å². The summed E-state index contributed by atoms with van der Waals surface area (Å²) in [6.45, 7) is 0.940. The highest BCUT2D eigenvalue weighted by atomic mass is 32.1. The first kappa shape index (κ1) is 16.6. The van der Waals surface area contributed by atoms with Crippen molar-refractivity contribution >= 4 is 27.1 Å². The van der Waals surface area contributed by atoms with Crippen LogP contribution in [0.4, 0.5) is 0 Å². The molecule has 0 unspecified atom stereocenters. The zero-order valence-corrected chi connectivity index (χ0v) is 15.6. The lowest BCUT2D eigenvalue weighted by molar-refractivity contribution is 0.0497. The summed E-state index contributed by atoms with van der Waals surface area (Å²) in [5.74, 6) is 0.860. The van der Waals surface area contributed by atoms with Crippen LogP contribution in [0, 0.1) is 0 Å². The average Bonchev–Trinajstić information content (AvgIpc) is 3.11. The van der Waals surface area contributed by atoms with Gasteiger partial charge in [0.25, 0.3) is 0 Å². The van der Waals surface area contributed by atoms with Crippen molar-refractivity contribution in [3.63, 3.8) is 0 Å². The third-order valence-corrected chi connectivity index (χ3v) is 6.36. The fourth-order valence-corrected chi connectivity index (χ4v) is 4.71. The highest BCUT2D eigenvalue weighted by molar-refractivity contribution is 7.19. The van der Waals surface area contributed by atoms with E-state index in [9.17, 15) is 0 Å². The molecular weight excluding hydrogens is 332 g/mol. The molecular formula is C20H24N2O2S. The van der Waals surface area contributed by atoms with E-state index in [1.807, 2.05) is 19.2 Å². The number of ether oxygens (including phenoxy) is 2. The van der Waals surface area contributed by atoms with Gasteiger partial charge in [0, 0.05) is 31.3 Å². The fourth-order valence-electron chi connectivity index (χ4n) is 3.75. The van der Waals surface area contributed by atoms with Crippen LogP contribution >= 0.6 is 11.3 Å². The van der Waals surface area contributed by atoms with E-state index in [-0.39, 0.29) is 0 Å². The third kappa shape index (κ3) is 3.44. The minimum atomic E-state index is 0.444. The highest BCUT2D eigenvalue weighted by Crippen LogP contribution is 2.33. The van der Waals surface area contributed by atoms with Crippen LogP contribution in [0.1, 0.15) is 30.7 Å². The molecule has 25 heavy (non-hydrogen) atoms. The van der Waals surface area contributed by atoms with E-state index in [1.165, 1.54) is 23.1 Å². The molecule has 4 nitrogen and oxygen atoms in total. The van der Waals surface area contributed by atoms with E-state index in [1.54, 1.807) is 18.4 Å². The molecule has 0 atom stereocenters. The molecule has 0 amide bonds. The minimum Gasteiger partial charge on any atom is -0.497 e. The Morgan fingerprint density at radius 3 is 2.76 bits per heavy atom. The van der Waals surface area contributed by atoms with Crippen LogP contribution in [0.15, 0.2) is 36.6 Å². The predicted octanol–water partition coefficient (Wildman–Crippen LogP) is 4.48. The monoisotopic (exact) mass is 356 g/mol. The molecule has 2 heterocycles. The largest absolute Gasteiger partial charge is 0.497 e. The number of nitrogens with zero attached hydrogens (tertiary/aromatic N) is 2. The van der Waals surface area contributed by atoms with E-state index in [0.717, 1.165) is 35.7 Å². The molecule has 5 heteroatoms. The molecule has 1 fully saturated rings. The number of benzene rings is 1. The van der Waals surface area contributed by atoms with Crippen molar-refractivity contribution in [1.82, 2.24) is 9.88 Å². The number of methoxy groups -OCH3 is 2. The van der Waals surface area contributed by atoms with Crippen molar-refractivity contribution in [1.29, 1.82) is 0 Å². The number of hydrogen-bond acceptors (Lipinski definition) is 5. The maximum Gasteiger partial charge on any atom is 0.122 e. The maximum absolute atomic E-state index is 5.50. The number of thiazole rings is 1. The van der Waals surface area contributed by atoms with Crippen LogP contribution in [-0.2, 0) is 4.74 Å². The molecule has 0 N–H and O–H groups in total. The van der Waals surface area contributed by atoms with E-state index in [0.29, 0.717) is 12.1 Å². The van der Waals surface area contributed by atoms with E-state index in [2.05, 4.69) is 29.3 Å². The molecule has 0 saturated heterocycles. The number of hydrogen-bond donors (Lipinski definition) is 0. The Hall–Kier alpha value is -1.85. The van der Waals surface area contributed by atoms with Gasteiger partial charge < -0.3 is 14.4 Å². The summed E-state index contributed by atoms with van der Waals surface area (Å²) in [6, 6.07) is 6.72. The van der Waals surface area contributed by atoms with Gasteiger partial charge in [-0.05, 0) is 50.1 Å². The molecule has 2 aromatic rings. The number of aromatic nitrogens is 1. The van der Waals surface area contributed by atoms with Crippen molar-refractivity contribution in [2.75, 3.05) is 20.8 Å². The van der Waals surface area contributed by atoms with Crippen molar-refractivity contribution < 1.29 is 9.47 Å². The lowest BCUT2D eigenvalue weighted by atomic mass is 9.91. The van der Waals surface area contributed by atoms with Gasteiger partial charge in [0.05, 0.1) is 23.4 Å². The molecule has 0 spiro atoms. The fraction of sp³-hybridized carbons (Fsp3) is 0.450. The summed E-state index contributed by atoms with van der Waals surface area (Å²) >= 11 is 1.76. The number of allylic oxidation sites excluding steroid dienone is 2. The molecule has 1 saturated carbocycles. The molecule has 0 radical (unpaired) electrons. The van der Waals surface area contributed by atoms with Gasteiger partial charge in [0.15, 0.2) is 0 Å². The van der Waals surface area contributed by atoms with Crippen LogP contribution in [-0.4, -0.2) is 42.8 Å². The van der Waals surface area contributed by atoms with E-state index < -0.39 is 0 Å². The second kappa shape index (κ2) is 7.18. The molecule has 1 aromatic heterocycles. The molecule has 1 aliphatic heterocycles. The molecule has 4 rings (SSSR count). The smallest absolute Gasteiger partial charge is 0.122 e. The number of fused-ring (bicyclic) bond motifs is 1. The van der Waals surface area contributed by atoms with Crippen LogP contribution in [0.3, 0.4) is 0 Å². The Balaban J connectivity index is 1.50. The maximum atomic E-state index is 5.50. The first-order valence-electron chi connectivity index (χ1n) is 8.87. The summed E-state index contributed by atoms with van der Waals surface area (Å²) in [4.78, 5) is 7.32. The van der Waals surface area contributed by atoms with Gasteiger partial charge in [0.2, 0.25) is 0 Å². The topological polar surface area (TPSA) is 34.6 Å². The second-order valence-corrected chi connectivity index (χ2v) is 7.76. The summed E-state index contributed by atoms with van der Waals surface area (Å²) < 4.78 is 12.0. The lowest BCUT2D eigenvalue weighted by Crippen LogP contribution is -2.37. The summed E-state index contributed by atoms with van der Waals surface area (Å²) in [7, 11) is 3.52. The van der Waals surface area contributed by atoms with E-state index >= 15 is 0 Å². The minimum absolute atomic E-state index is 0.444. The van der Waals surface area contributed by atoms with Gasteiger partial charge in [-0.1, -0.05) is 6.08 Å². The second-order valence-electron chi connectivity index (χ2n) is 6.72. The van der Waals surface area contributed by atoms with Crippen molar-refractivity contribution in [3.8, 4) is 5.75 Å². The van der Waals surface area contributed by atoms with Crippen LogP contribution in [0.5, 0.6) is 5.75 Å². The third-order valence-electron chi connectivity index (χ3n) is 5.24. The van der Waals surface area contributed by atoms with Gasteiger partial charge in [-0.2, -0.15) is 0 Å². The summed E-state index contributed by atoms with van der Waals surface area (Å²) in [6.07, 6.45) is 11.8. The Morgan fingerprint density at radius 2 is 2.00 bits per heavy atom. The first-order chi connectivity index (χ1) is 12.3. The Morgan fingerprint density at radius 1 is 1.16 bits per heavy atom. The van der Waals surface area contributed by atoms with Gasteiger partial charge in [-0.3, -0.25) is 0 Å². The lowest BCUT2D eigenvalue weighted by Gasteiger charge is -2.37. The Kier molecular flexibility index (Phi) is 4.77. The average molecular weight is 356 g/mol.